The first kappa shape index (κ1) is 29.6. The average Bonchev–Trinajstić information content (AvgIpc) is 3.92. The van der Waals surface area contributed by atoms with Crippen molar-refractivity contribution in [2.45, 2.75) is 0 Å². The number of para-hydroxylation sites is 3. The Labute approximate surface area is 306 Å². The van der Waals surface area contributed by atoms with Gasteiger partial charge in [-0.25, -0.2) is 0 Å². The Morgan fingerprint density at radius 3 is 1.60 bits per heavy atom. The molecule has 53 heavy (non-hydrogen) atoms. The molecule has 0 aliphatic rings. The Bertz CT molecular complexity index is 3150. The van der Waals surface area contributed by atoms with E-state index in [0.29, 0.717) is 0 Å². The fourth-order valence-electron chi connectivity index (χ4n) is 8.46. The molecule has 0 fully saturated rings. The highest BCUT2D eigenvalue weighted by molar-refractivity contribution is 6.18. The zero-order valence-electron chi connectivity index (χ0n) is 28.9. The van der Waals surface area contributed by atoms with Crippen molar-refractivity contribution in [2.75, 3.05) is 0 Å². The number of hydrogen-bond donors (Lipinski definition) is 0. The first-order valence-corrected chi connectivity index (χ1v) is 18.2. The molecule has 0 bridgehead atoms. The van der Waals surface area contributed by atoms with Crippen LogP contribution in [0.2, 0.25) is 0 Å². The van der Waals surface area contributed by atoms with E-state index in [1.807, 2.05) is 0 Å². The second kappa shape index (κ2) is 11.7. The van der Waals surface area contributed by atoms with Crippen LogP contribution in [-0.4, -0.2) is 13.7 Å². The van der Waals surface area contributed by atoms with Crippen molar-refractivity contribution < 1.29 is 0 Å². The van der Waals surface area contributed by atoms with Gasteiger partial charge in [-0.1, -0.05) is 133 Å². The van der Waals surface area contributed by atoms with Gasteiger partial charge in [0, 0.05) is 50.2 Å². The summed E-state index contributed by atoms with van der Waals surface area (Å²) in [7, 11) is 0. The van der Waals surface area contributed by atoms with Crippen molar-refractivity contribution in [1.29, 1.82) is 0 Å². The van der Waals surface area contributed by atoms with E-state index in [4.69, 9.17) is 0 Å². The van der Waals surface area contributed by atoms with E-state index in [1.165, 1.54) is 76.8 Å². The van der Waals surface area contributed by atoms with E-state index < -0.39 is 0 Å². The van der Waals surface area contributed by atoms with Gasteiger partial charge in [-0.2, -0.15) is 0 Å². The van der Waals surface area contributed by atoms with E-state index in [-0.39, 0.29) is 0 Å². The van der Waals surface area contributed by atoms with Crippen LogP contribution in [0.15, 0.2) is 200 Å². The Balaban J connectivity index is 1.22. The van der Waals surface area contributed by atoms with Gasteiger partial charge in [0.05, 0.1) is 27.6 Å². The molecule has 0 aliphatic carbocycles. The molecule has 3 heterocycles. The van der Waals surface area contributed by atoms with Gasteiger partial charge in [0.1, 0.15) is 0 Å². The van der Waals surface area contributed by atoms with Gasteiger partial charge in [0.2, 0.25) is 0 Å². The maximum Gasteiger partial charge on any atom is 0.0788 e. The second-order valence-corrected chi connectivity index (χ2v) is 13.8. The maximum absolute atomic E-state index is 2.44. The summed E-state index contributed by atoms with van der Waals surface area (Å²) in [6, 6.07) is 70.5. The first-order chi connectivity index (χ1) is 26.3. The van der Waals surface area contributed by atoms with Crippen molar-refractivity contribution in [2.24, 2.45) is 0 Å². The molecule has 11 rings (SSSR count). The molecule has 0 N–H and O–H groups in total. The average molecular weight is 676 g/mol. The van der Waals surface area contributed by atoms with Crippen LogP contribution >= 0.6 is 0 Å². The molecule has 0 saturated heterocycles. The summed E-state index contributed by atoms with van der Waals surface area (Å²) in [5.41, 5.74) is 14.1. The van der Waals surface area contributed by atoms with Crippen LogP contribution in [-0.2, 0) is 0 Å². The van der Waals surface area contributed by atoms with Crippen LogP contribution < -0.4 is 0 Å². The third-order valence-electron chi connectivity index (χ3n) is 10.8. The molecule has 0 unspecified atom stereocenters. The predicted molar refractivity (Wildman–Crippen MR) is 223 cm³/mol. The molecular formula is C50H33N3. The number of nitrogens with zero attached hydrogens (tertiary/aromatic N) is 3. The molecule has 0 saturated carbocycles. The summed E-state index contributed by atoms with van der Waals surface area (Å²) < 4.78 is 7.27. The quantitative estimate of drug-likeness (QED) is 0.172. The van der Waals surface area contributed by atoms with Crippen LogP contribution in [0, 0.1) is 0 Å². The van der Waals surface area contributed by atoms with Gasteiger partial charge in [-0.15, -0.1) is 0 Å². The minimum atomic E-state index is 1.11. The lowest BCUT2D eigenvalue weighted by Crippen LogP contribution is -2.01. The van der Waals surface area contributed by atoms with Crippen LogP contribution in [0.3, 0.4) is 0 Å². The second-order valence-electron chi connectivity index (χ2n) is 13.8. The van der Waals surface area contributed by atoms with Gasteiger partial charge in [0.15, 0.2) is 0 Å². The van der Waals surface area contributed by atoms with Crippen LogP contribution in [0.5, 0.6) is 0 Å². The third kappa shape index (κ3) is 4.61. The Morgan fingerprint density at radius 1 is 0.283 bits per heavy atom. The Hall–Kier alpha value is -7.10. The molecule has 3 heteroatoms. The van der Waals surface area contributed by atoms with Crippen molar-refractivity contribution >= 4 is 54.5 Å². The molecule has 0 atom stereocenters. The zero-order chi connectivity index (χ0) is 34.9. The van der Waals surface area contributed by atoms with E-state index in [1.54, 1.807) is 0 Å². The third-order valence-corrected chi connectivity index (χ3v) is 10.8. The summed E-state index contributed by atoms with van der Waals surface area (Å²) in [4.78, 5) is 0. The number of benzene rings is 8. The number of fused-ring (bicyclic) bond motifs is 8. The van der Waals surface area contributed by atoms with E-state index in [9.17, 15) is 0 Å². The van der Waals surface area contributed by atoms with Crippen LogP contribution in [0.1, 0.15) is 0 Å². The topological polar surface area (TPSA) is 14.8 Å². The largest absolute Gasteiger partial charge is 0.315 e. The van der Waals surface area contributed by atoms with Crippen molar-refractivity contribution in [3.8, 4) is 39.3 Å². The summed E-state index contributed by atoms with van der Waals surface area (Å²) in [6.45, 7) is 0. The summed E-state index contributed by atoms with van der Waals surface area (Å²) in [6.07, 6.45) is 2.24. The minimum absolute atomic E-state index is 1.11. The van der Waals surface area contributed by atoms with E-state index >= 15 is 0 Å². The SMILES string of the molecule is c1ccc(-c2cc(-n3ccc4ccc5c6ccccc6n(-c6ccccc6)c5c43)cc(-n3c4ccccc4c4cc(-c5ccccc5)ccc43)c2)cc1. The minimum Gasteiger partial charge on any atom is -0.315 e. The zero-order valence-corrected chi connectivity index (χ0v) is 28.9. The smallest absolute Gasteiger partial charge is 0.0788 e. The number of rotatable bonds is 5. The monoisotopic (exact) mass is 675 g/mol. The summed E-state index contributed by atoms with van der Waals surface area (Å²) in [5.74, 6) is 0. The van der Waals surface area contributed by atoms with E-state index in [2.05, 4.69) is 214 Å². The lowest BCUT2D eigenvalue weighted by Gasteiger charge is -2.16. The van der Waals surface area contributed by atoms with Crippen molar-refractivity contribution in [3.05, 3.63) is 200 Å². The van der Waals surface area contributed by atoms with Gasteiger partial charge in [-0.05, 0) is 82.9 Å². The normalized spacial score (nSPS) is 11.8. The van der Waals surface area contributed by atoms with Crippen molar-refractivity contribution in [3.63, 3.8) is 0 Å². The Kier molecular flexibility index (Phi) is 6.55. The highest BCUT2D eigenvalue weighted by Crippen LogP contribution is 2.40. The molecule has 248 valence electrons. The van der Waals surface area contributed by atoms with Gasteiger partial charge in [0.25, 0.3) is 0 Å². The highest BCUT2D eigenvalue weighted by atomic mass is 15.0. The van der Waals surface area contributed by atoms with E-state index in [0.717, 1.165) is 17.1 Å². The fourth-order valence-corrected chi connectivity index (χ4v) is 8.46. The molecule has 11 aromatic rings. The molecule has 0 amide bonds. The van der Waals surface area contributed by atoms with Gasteiger partial charge < -0.3 is 13.7 Å². The molecule has 0 aliphatic heterocycles. The van der Waals surface area contributed by atoms with Gasteiger partial charge in [-0.3, -0.25) is 0 Å². The lowest BCUT2D eigenvalue weighted by atomic mass is 10.0. The number of aromatic nitrogens is 3. The molecule has 3 aromatic heterocycles. The number of hydrogen-bond acceptors (Lipinski definition) is 0. The van der Waals surface area contributed by atoms with Crippen LogP contribution in [0.4, 0.5) is 0 Å². The summed E-state index contributed by atoms with van der Waals surface area (Å²) >= 11 is 0. The standard InChI is InChI=1S/C50H33N3/c1-4-14-34(15-5-1)37-25-27-48-45(32-37)43-21-11-12-22-46(43)52(48)41-31-38(35-16-6-2-7-17-35)30-40(33-41)51-29-28-36-24-26-44-42-20-10-13-23-47(42)53(50(44)49(36)51)39-18-8-3-9-19-39/h1-33H. The first-order valence-electron chi connectivity index (χ1n) is 18.2. The predicted octanol–water partition coefficient (Wildman–Crippen LogP) is 13.2. The molecule has 0 radical (unpaired) electrons. The molecular weight excluding hydrogens is 643 g/mol. The highest BCUT2D eigenvalue weighted by Gasteiger charge is 2.20. The Morgan fingerprint density at radius 2 is 0.868 bits per heavy atom. The lowest BCUT2D eigenvalue weighted by molar-refractivity contribution is 1.10. The summed E-state index contributed by atoms with van der Waals surface area (Å²) in [5, 5.41) is 6.18. The molecule has 3 nitrogen and oxygen atoms in total. The maximum atomic E-state index is 2.44. The van der Waals surface area contributed by atoms with Crippen molar-refractivity contribution in [1.82, 2.24) is 13.7 Å². The van der Waals surface area contributed by atoms with Gasteiger partial charge >= 0.3 is 0 Å². The van der Waals surface area contributed by atoms with Crippen LogP contribution in [0.25, 0.3) is 93.8 Å². The fraction of sp³-hybridized carbons (Fsp3) is 0. The molecule has 0 spiro atoms. The molecule has 8 aromatic carbocycles.